The summed E-state index contributed by atoms with van der Waals surface area (Å²) >= 11 is 0. The third-order valence-corrected chi connectivity index (χ3v) is 12.0. The Hall–Kier alpha value is -2.15. The van der Waals surface area contributed by atoms with Crippen molar-refractivity contribution in [3.8, 4) is 0 Å². The molecule has 0 bridgehead atoms. The molecule has 0 aromatic heterocycles. The Kier molecular flexibility index (Phi) is 8.25. The Morgan fingerprint density at radius 1 is 1.10 bits per heavy atom. The molecule has 228 valence electrons. The Morgan fingerprint density at radius 2 is 1.80 bits per heavy atom. The molecular formula is C34H51NO6. The van der Waals surface area contributed by atoms with Crippen LogP contribution in [-0.4, -0.2) is 54.7 Å². The van der Waals surface area contributed by atoms with E-state index in [1.807, 2.05) is 0 Å². The first-order chi connectivity index (χ1) is 19.3. The highest BCUT2D eigenvalue weighted by Crippen LogP contribution is 2.69. The molecule has 5 rings (SSSR count). The van der Waals surface area contributed by atoms with E-state index in [9.17, 15) is 14.4 Å². The number of nitrogens with zero attached hydrogens (tertiary/aromatic N) is 1. The molecule has 1 unspecified atom stereocenters. The Bertz CT molecular complexity index is 1130. The number of hydrogen-bond acceptors (Lipinski definition) is 6. The van der Waals surface area contributed by atoms with E-state index in [1.54, 1.807) is 7.11 Å². The minimum atomic E-state index is -0.217. The molecular weight excluding hydrogens is 518 g/mol. The summed E-state index contributed by atoms with van der Waals surface area (Å²) in [6, 6.07) is 0. The number of methoxy groups -OCH3 is 1. The fourth-order valence-electron chi connectivity index (χ4n) is 10.1. The zero-order valence-corrected chi connectivity index (χ0v) is 26.5. The van der Waals surface area contributed by atoms with E-state index < -0.39 is 0 Å². The minimum absolute atomic E-state index is 0.0344. The summed E-state index contributed by atoms with van der Waals surface area (Å²) in [6.07, 6.45) is 10.9. The summed E-state index contributed by atoms with van der Waals surface area (Å²) in [5.74, 6) is 2.86. The SMILES string of the molecule is CO[C@H](CC(C)CN(C(C)=O)C(C)=O)C1=C(C)[C@H]2[C@H](C[C@H]3[C@@H]4CC=C5C[C@@H](OC(C)=O)CC[C@]5(C)[C@H]4CC[C@@]32C)O1. The van der Waals surface area contributed by atoms with Crippen molar-refractivity contribution in [1.29, 1.82) is 0 Å². The summed E-state index contributed by atoms with van der Waals surface area (Å²) < 4.78 is 18.4. The normalized spacial score (nSPS) is 38.9. The lowest BCUT2D eigenvalue weighted by Gasteiger charge is -2.58. The number of carbonyl (C=O) groups is 3. The van der Waals surface area contributed by atoms with Crippen LogP contribution in [0.1, 0.15) is 99.8 Å². The van der Waals surface area contributed by atoms with E-state index >= 15 is 0 Å². The van der Waals surface area contributed by atoms with Crippen molar-refractivity contribution in [2.75, 3.05) is 13.7 Å². The zero-order chi connectivity index (χ0) is 29.9. The standard InChI is InChI=1S/C34H51NO6/c1-19(18-35(21(3)36)22(4)37)15-30(39-8)32-20(2)31-29(41-32)17-28-26-10-9-24-16-25(40-23(5)38)11-13-33(24,6)27(26)12-14-34(28,31)7/h9,19,25-31H,10-18H2,1-8H3/t19?,25-,26+,27-,28-,29-,30+,31-,33-,34-/m0/s1. The highest BCUT2D eigenvalue weighted by atomic mass is 16.5. The van der Waals surface area contributed by atoms with Gasteiger partial charge >= 0.3 is 5.97 Å². The minimum Gasteiger partial charge on any atom is -0.491 e. The largest absolute Gasteiger partial charge is 0.491 e. The van der Waals surface area contributed by atoms with Gasteiger partial charge in [0, 0.05) is 46.8 Å². The molecule has 0 saturated heterocycles. The van der Waals surface area contributed by atoms with Crippen molar-refractivity contribution in [1.82, 2.24) is 4.90 Å². The van der Waals surface area contributed by atoms with Crippen molar-refractivity contribution >= 4 is 17.8 Å². The van der Waals surface area contributed by atoms with Gasteiger partial charge in [0.1, 0.15) is 24.1 Å². The van der Waals surface area contributed by atoms with Gasteiger partial charge in [-0.15, -0.1) is 0 Å². The van der Waals surface area contributed by atoms with Crippen LogP contribution >= 0.6 is 0 Å². The highest BCUT2D eigenvalue weighted by molar-refractivity contribution is 5.92. The summed E-state index contributed by atoms with van der Waals surface area (Å²) in [6.45, 7) is 14.1. The molecule has 1 heterocycles. The monoisotopic (exact) mass is 569 g/mol. The molecule has 0 aromatic carbocycles. The highest BCUT2D eigenvalue weighted by Gasteiger charge is 2.64. The fraction of sp³-hybridized carbons (Fsp3) is 0.794. The molecule has 2 amide bonds. The van der Waals surface area contributed by atoms with E-state index in [4.69, 9.17) is 14.2 Å². The second-order valence-electron chi connectivity index (χ2n) is 14.4. The van der Waals surface area contributed by atoms with Crippen LogP contribution in [0.4, 0.5) is 0 Å². The molecule has 3 fully saturated rings. The van der Waals surface area contributed by atoms with Crippen LogP contribution < -0.4 is 0 Å². The number of fused-ring (bicyclic) bond motifs is 7. The van der Waals surface area contributed by atoms with Gasteiger partial charge in [0.05, 0.1) is 0 Å². The van der Waals surface area contributed by atoms with Gasteiger partial charge in [-0.05, 0) is 91.9 Å². The molecule has 7 heteroatoms. The smallest absolute Gasteiger partial charge is 0.302 e. The maximum Gasteiger partial charge on any atom is 0.302 e. The van der Waals surface area contributed by atoms with E-state index in [0.29, 0.717) is 36.6 Å². The van der Waals surface area contributed by atoms with Crippen LogP contribution in [0, 0.1) is 40.4 Å². The van der Waals surface area contributed by atoms with Crippen LogP contribution in [0.15, 0.2) is 23.0 Å². The average molecular weight is 570 g/mol. The second-order valence-corrected chi connectivity index (χ2v) is 14.4. The lowest BCUT2D eigenvalue weighted by Crippen LogP contribution is -2.50. The number of carbonyl (C=O) groups excluding carboxylic acids is 3. The number of allylic oxidation sites excluding steroid dienone is 1. The lowest BCUT2D eigenvalue weighted by molar-refractivity contribution is -0.149. The van der Waals surface area contributed by atoms with Crippen LogP contribution in [0.25, 0.3) is 0 Å². The summed E-state index contributed by atoms with van der Waals surface area (Å²) in [5.41, 5.74) is 3.28. The van der Waals surface area contributed by atoms with Crippen molar-refractivity contribution in [3.63, 3.8) is 0 Å². The van der Waals surface area contributed by atoms with Crippen LogP contribution in [0.3, 0.4) is 0 Å². The van der Waals surface area contributed by atoms with Crippen molar-refractivity contribution in [2.24, 2.45) is 40.4 Å². The van der Waals surface area contributed by atoms with Crippen molar-refractivity contribution < 1.29 is 28.6 Å². The van der Waals surface area contributed by atoms with Gasteiger partial charge < -0.3 is 14.2 Å². The number of hydrogen-bond donors (Lipinski definition) is 0. The van der Waals surface area contributed by atoms with Gasteiger partial charge in [0.25, 0.3) is 0 Å². The van der Waals surface area contributed by atoms with Crippen molar-refractivity contribution in [2.45, 2.75) is 118 Å². The van der Waals surface area contributed by atoms with Gasteiger partial charge in [-0.2, -0.15) is 0 Å². The fourth-order valence-corrected chi connectivity index (χ4v) is 10.1. The van der Waals surface area contributed by atoms with Crippen molar-refractivity contribution in [3.05, 3.63) is 23.0 Å². The topological polar surface area (TPSA) is 82.1 Å². The zero-order valence-electron chi connectivity index (χ0n) is 26.5. The van der Waals surface area contributed by atoms with E-state index in [2.05, 4.69) is 33.8 Å². The van der Waals surface area contributed by atoms with E-state index in [-0.39, 0.29) is 52.8 Å². The molecule has 0 spiro atoms. The Labute approximate surface area is 246 Å². The molecule has 10 atom stereocenters. The molecule has 1 aliphatic heterocycles. The third-order valence-electron chi connectivity index (χ3n) is 12.0. The van der Waals surface area contributed by atoms with Gasteiger partial charge in [-0.3, -0.25) is 19.3 Å². The summed E-state index contributed by atoms with van der Waals surface area (Å²) in [7, 11) is 1.74. The number of esters is 1. The molecule has 0 radical (unpaired) electrons. The lowest BCUT2D eigenvalue weighted by atomic mass is 9.47. The van der Waals surface area contributed by atoms with Gasteiger partial charge in [-0.1, -0.05) is 32.4 Å². The first-order valence-corrected chi connectivity index (χ1v) is 15.9. The number of amides is 2. The second kappa shape index (κ2) is 11.2. The first kappa shape index (κ1) is 30.3. The number of ether oxygens (including phenoxy) is 3. The van der Waals surface area contributed by atoms with Gasteiger partial charge in [0.15, 0.2) is 0 Å². The van der Waals surface area contributed by atoms with Crippen LogP contribution in [0.5, 0.6) is 0 Å². The predicted octanol–water partition coefficient (Wildman–Crippen LogP) is 6.22. The molecule has 7 nitrogen and oxygen atoms in total. The Balaban J connectivity index is 1.32. The molecule has 3 saturated carbocycles. The van der Waals surface area contributed by atoms with Gasteiger partial charge in [0.2, 0.25) is 11.8 Å². The first-order valence-electron chi connectivity index (χ1n) is 15.9. The van der Waals surface area contributed by atoms with Crippen LogP contribution in [-0.2, 0) is 28.6 Å². The van der Waals surface area contributed by atoms with Crippen LogP contribution in [0.2, 0.25) is 0 Å². The molecule has 0 N–H and O–H groups in total. The maximum absolute atomic E-state index is 12.0. The number of rotatable bonds is 7. The molecule has 0 aromatic rings. The Morgan fingerprint density at radius 3 is 2.44 bits per heavy atom. The quantitative estimate of drug-likeness (QED) is 0.268. The summed E-state index contributed by atoms with van der Waals surface area (Å²) in [5, 5.41) is 0. The average Bonchev–Trinajstić information content (AvgIpc) is 3.38. The van der Waals surface area contributed by atoms with E-state index in [1.165, 1.54) is 49.7 Å². The third kappa shape index (κ3) is 5.19. The maximum atomic E-state index is 12.0. The number of imide groups is 1. The summed E-state index contributed by atoms with van der Waals surface area (Å²) in [4.78, 5) is 36.8. The molecule has 5 aliphatic rings. The van der Waals surface area contributed by atoms with Gasteiger partial charge in [-0.25, -0.2) is 0 Å². The predicted molar refractivity (Wildman–Crippen MR) is 156 cm³/mol. The molecule has 4 aliphatic carbocycles. The van der Waals surface area contributed by atoms with E-state index in [0.717, 1.165) is 37.9 Å². The molecule has 41 heavy (non-hydrogen) atoms.